The van der Waals surface area contributed by atoms with Crippen molar-refractivity contribution < 1.29 is 9.90 Å². The lowest BCUT2D eigenvalue weighted by Gasteiger charge is -2.04. The smallest absolute Gasteiger partial charge is 0.341 e. The van der Waals surface area contributed by atoms with E-state index in [-0.39, 0.29) is 11.6 Å². The van der Waals surface area contributed by atoms with Crippen LogP contribution in [0.1, 0.15) is 28.9 Å². The van der Waals surface area contributed by atoms with Crippen molar-refractivity contribution in [3.05, 3.63) is 33.7 Å². The predicted molar refractivity (Wildman–Crippen MR) is 46.6 cm³/mol. The monoisotopic (exact) mass is 182 g/mol. The fourth-order valence-electron chi connectivity index (χ4n) is 0.922. The lowest BCUT2D eigenvalue weighted by atomic mass is 10.1. The maximum Gasteiger partial charge on any atom is 0.341 e. The molecule has 0 aliphatic carbocycles. The van der Waals surface area contributed by atoms with Crippen molar-refractivity contribution >= 4 is 5.97 Å². The number of aromatic amines is 1. The van der Waals surface area contributed by atoms with Gasteiger partial charge in [-0.2, -0.15) is 0 Å². The van der Waals surface area contributed by atoms with Gasteiger partial charge in [0.15, 0.2) is 0 Å². The summed E-state index contributed by atoms with van der Waals surface area (Å²) < 4.78 is 0. The highest BCUT2D eigenvalue weighted by atomic mass is 16.4. The summed E-state index contributed by atoms with van der Waals surface area (Å²) in [4.78, 5) is 23.8. The predicted octanol–water partition coefficient (Wildman–Crippen LogP) is 0.0928. The number of carboxylic acids is 1. The van der Waals surface area contributed by atoms with E-state index in [4.69, 9.17) is 10.8 Å². The molecule has 0 saturated carbocycles. The minimum Gasteiger partial charge on any atom is -0.477 e. The van der Waals surface area contributed by atoms with Crippen molar-refractivity contribution in [2.75, 3.05) is 0 Å². The first-order valence-corrected chi connectivity index (χ1v) is 3.74. The summed E-state index contributed by atoms with van der Waals surface area (Å²) in [6.45, 7) is 1.71. The Balaban J connectivity index is 3.27. The highest BCUT2D eigenvalue weighted by molar-refractivity contribution is 5.87. The number of H-pyrrole nitrogens is 1. The molecule has 5 heteroatoms. The van der Waals surface area contributed by atoms with Crippen molar-refractivity contribution in [1.82, 2.24) is 4.98 Å². The first-order chi connectivity index (χ1) is 6.02. The van der Waals surface area contributed by atoms with Gasteiger partial charge in [-0.3, -0.25) is 4.79 Å². The number of aromatic carboxylic acids is 1. The van der Waals surface area contributed by atoms with Crippen LogP contribution < -0.4 is 11.3 Å². The zero-order valence-electron chi connectivity index (χ0n) is 7.07. The van der Waals surface area contributed by atoms with Crippen LogP contribution in [0.2, 0.25) is 0 Å². The van der Waals surface area contributed by atoms with Gasteiger partial charge in [0.25, 0.3) is 5.56 Å². The molecule has 1 unspecified atom stereocenters. The quantitative estimate of drug-likeness (QED) is 0.604. The van der Waals surface area contributed by atoms with E-state index in [0.29, 0.717) is 5.56 Å². The number of pyridine rings is 1. The molecule has 70 valence electrons. The molecule has 0 spiro atoms. The van der Waals surface area contributed by atoms with Crippen molar-refractivity contribution in [3.8, 4) is 0 Å². The summed E-state index contributed by atoms with van der Waals surface area (Å²) in [7, 11) is 0. The van der Waals surface area contributed by atoms with Crippen LogP contribution in [0.25, 0.3) is 0 Å². The van der Waals surface area contributed by atoms with E-state index >= 15 is 0 Å². The number of hydrogen-bond donors (Lipinski definition) is 3. The van der Waals surface area contributed by atoms with E-state index < -0.39 is 11.5 Å². The van der Waals surface area contributed by atoms with Crippen LogP contribution in [-0.4, -0.2) is 16.1 Å². The third kappa shape index (κ3) is 1.94. The number of hydrogen-bond acceptors (Lipinski definition) is 3. The van der Waals surface area contributed by atoms with Gasteiger partial charge in [-0.25, -0.2) is 4.79 Å². The first-order valence-electron chi connectivity index (χ1n) is 3.74. The minimum atomic E-state index is -1.25. The standard InChI is InChI=1S/C8H10N2O3/c1-4(9)5-2-6(8(12)13)7(11)10-3-5/h2-4H,9H2,1H3,(H,10,11)(H,12,13). The second-order valence-corrected chi connectivity index (χ2v) is 2.77. The van der Waals surface area contributed by atoms with Gasteiger partial charge in [0.2, 0.25) is 0 Å². The molecule has 0 bridgehead atoms. The topological polar surface area (TPSA) is 96.2 Å². The Morgan fingerprint density at radius 2 is 2.31 bits per heavy atom. The van der Waals surface area contributed by atoms with Crippen LogP contribution >= 0.6 is 0 Å². The normalized spacial score (nSPS) is 12.5. The zero-order valence-corrected chi connectivity index (χ0v) is 7.07. The SMILES string of the molecule is CC(N)c1c[nH]c(=O)c(C(=O)O)c1. The molecule has 1 heterocycles. The molecule has 0 aliphatic rings. The van der Waals surface area contributed by atoms with Crippen LogP contribution in [0, 0.1) is 0 Å². The lowest BCUT2D eigenvalue weighted by molar-refractivity contribution is 0.0695. The van der Waals surface area contributed by atoms with Gasteiger partial charge in [-0.15, -0.1) is 0 Å². The second-order valence-electron chi connectivity index (χ2n) is 2.77. The molecule has 4 N–H and O–H groups in total. The summed E-state index contributed by atoms with van der Waals surface area (Å²) in [5.41, 5.74) is 5.22. The van der Waals surface area contributed by atoms with Crippen molar-refractivity contribution in [2.24, 2.45) is 5.73 Å². The first kappa shape index (κ1) is 9.47. The summed E-state index contributed by atoms with van der Waals surface area (Å²) in [6.07, 6.45) is 1.42. The summed E-state index contributed by atoms with van der Waals surface area (Å²) in [5, 5.41) is 8.61. The van der Waals surface area contributed by atoms with Crippen LogP contribution in [0.4, 0.5) is 0 Å². The van der Waals surface area contributed by atoms with E-state index in [2.05, 4.69) is 4.98 Å². The molecule has 0 amide bonds. The molecule has 0 aliphatic heterocycles. The summed E-state index contributed by atoms with van der Waals surface area (Å²) in [5.74, 6) is -1.25. The molecule has 13 heavy (non-hydrogen) atoms. The Kier molecular flexibility index (Phi) is 2.48. The van der Waals surface area contributed by atoms with Gasteiger partial charge in [-0.05, 0) is 18.6 Å². The van der Waals surface area contributed by atoms with E-state index in [9.17, 15) is 9.59 Å². The molecular weight excluding hydrogens is 172 g/mol. The third-order valence-electron chi connectivity index (χ3n) is 1.68. The Bertz CT molecular complexity index is 381. The highest BCUT2D eigenvalue weighted by Gasteiger charge is 2.10. The maximum absolute atomic E-state index is 11.0. The average molecular weight is 182 g/mol. The van der Waals surface area contributed by atoms with E-state index in [1.807, 2.05) is 0 Å². The van der Waals surface area contributed by atoms with Crippen molar-refractivity contribution in [1.29, 1.82) is 0 Å². The number of carbonyl (C=O) groups is 1. The van der Waals surface area contributed by atoms with Crippen LogP contribution in [-0.2, 0) is 0 Å². The molecular formula is C8H10N2O3. The van der Waals surface area contributed by atoms with Crippen LogP contribution in [0.15, 0.2) is 17.1 Å². The Labute approximate surface area is 74.2 Å². The van der Waals surface area contributed by atoms with E-state index in [0.717, 1.165) is 0 Å². The molecule has 1 aromatic heterocycles. The van der Waals surface area contributed by atoms with Crippen molar-refractivity contribution in [2.45, 2.75) is 13.0 Å². The van der Waals surface area contributed by atoms with Crippen LogP contribution in [0.5, 0.6) is 0 Å². The summed E-state index contributed by atoms with van der Waals surface area (Å²) >= 11 is 0. The Morgan fingerprint density at radius 1 is 1.69 bits per heavy atom. The Hall–Kier alpha value is -1.62. The molecule has 5 nitrogen and oxygen atoms in total. The maximum atomic E-state index is 11.0. The largest absolute Gasteiger partial charge is 0.477 e. The molecule has 0 aromatic carbocycles. The molecule has 1 aromatic rings. The number of nitrogens with one attached hydrogen (secondary N) is 1. The third-order valence-corrected chi connectivity index (χ3v) is 1.68. The van der Waals surface area contributed by atoms with Gasteiger partial charge in [-0.1, -0.05) is 0 Å². The molecule has 1 atom stereocenters. The zero-order chi connectivity index (χ0) is 10.0. The fourth-order valence-corrected chi connectivity index (χ4v) is 0.922. The molecule has 0 saturated heterocycles. The van der Waals surface area contributed by atoms with Gasteiger partial charge < -0.3 is 15.8 Å². The van der Waals surface area contributed by atoms with Gasteiger partial charge in [0.05, 0.1) is 0 Å². The molecule has 0 fully saturated rings. The number of nitrogens with two attached hydrogens (primary N) is 1. The van der Waals surface area contributed by atoms with E-state index in [1.165, 1.54) is 12.3 Å². The van der Waals surface area contributed by atoms with Crippen LogP contribution in [0.3, 0.4) is 0 Å². The fraction of sp³-hybridized carbons (Fsp3) is 0.250. The number of aromatic nitrogens is 1. The van der Waals surface area contributed by atoms with Gasteiger partial charge in [0, 0.05) is 12.2 Å². The molecule has 0 radical (unpaired) electrons. The molecule has 1 rings (SSSR count). The average Bonchev–Trinajstić information content (AvgIpc) is 2.04. The van der Waals surface area contributed by atoms with Gasteiger partial charge >= 0.3 is 5.97 Å². The lowest BCUT2D eigenvalue weighted by Crippen LogP contribution is -2.19. The highest BCUT2D eigenvalue weighted by Crippen LogP contribution is 2.07. The van der Waals surface area contributed by atoms with Crippen molar-refractivity contribution in [3.63, 3.8) is 0 Å². The number of rotatable bonds is 2. The minimum absolute atomic E-state index is 0.283. The number of carboxylic acid groups (broad SMARTS) is 1. The Morgan fingerprint density at radius 3 is 2.77 bits per heavy atom. The van der Waals surface area contributed by atoms with E-state index in [1.54, 1.807) is 6.92 Å². The second kappa shape index (κ2) is 3.40. The summed E-state index contributed by atoms with van der Waals surface area (Å²) in [6, 6.07) is 0.987. The van der Waals surface area contributed by atoms with Gasteiger partial charge in [0.1, 0.15) is 5.56 Å².